The van der Waals surface area contributed by atoms with Gasteiger partial charge in [0.1, 0.15) is 17.2 Å². The summed E-state index contributed by atoms with van der Waals surface area (Å²) in [5.74, 6) is 1.59. The van der Waals surface area contributed by atoms with Gasteiger partial charge >= 0.3 is 5.97 Å². The molecule has 0 unspecified atom stereocenters. The summed E-state index contributed by atoms with van der Waals surface area (Å²) >= 11 is 0. The van der Waals surface area contributed by atoms with E-state index >= 15 is 0 Å². The van der Waals surface area contributed by atoms with E-state index in [1.807, 2.05) is 12.1 Å². The van der Waals surface area contributed by atoms with E-state index in [4.69, 9.17) is 14.2 Å². The Bertz CT molecular complexity index is 708. The molecule has 1 saturated heterocycles. The van der Waals surface area contributed by atoms with Crippen LogP contribution in [-0.4, -0.2) is 44.2 Å². The van der Waals surface area contributed by atoms with Crippen molar-refractivity contribution in [2.75, 3.05) is 33.4 Å². The molecule has 0 saturated carbocycles. The van der Waals surface area contributed by atoms with Crippen LogP contribution in [0.4, 0.5) is 0 Å². The van der Waals surface area contributed by atoms with Gasteiger partial charge in [0, 0.05) is 13.1 Å². The number of carbonyl (C=O) groups is 1. The first-order valence-electron chi connectivity index (χ1n) is 9.56. The number of benzene rings is 2. The first-order valence-corrected chi connectivity index (χ1v) is 9.56. The number of methoxy groups -OCH3 is 1. The number of unbranched alkanes of at least 4 members (excludes halogenated alkanes) is 3. The molecule has 5 heteroatoms. The zero-order valence-corrected chi connectivity index (χ0v) is 15.9. The van der Waals surface area contributed by atoms with Crippen molar-refractivity contribution in [3.8, 4) is 17.2 Å². The average Bonchev–Trinajstić information content (AvgIpc) is 3.52. The van der Waals surface area contributed by atoms with Crippen LogP contribution in [0.2, 0.25) is 0 Å². The van der Waals surface area contributed by atoms with E-state index in [0.29, 0.717) is 17.9 Å². The Morgan fingerprint density at radius 1 is 0.852 bits per heavy atom. The molecule has 27 heavy (non-hydrogen) atoms. The van der Waals surface area contributed by atoms with E-state index in [1.165, 1.54) is 38.9 Å². The highest BCUT2D eigenvalue weighted by atomic mass is 16.5. The molecule has 2 aromatic carbocycles. The van der Waals surface area contributed by atoms with Crippen LogP contribution in [0.1, 0.15) is 36.0 Å². The summed E-state index contributed by atoms with van der Waals surface area (Å²) in [6.45, 7) is 4.52. The fourth-order valence-corrected chi connectivity index (χ4v) is 2.77. The van der Waals surface area contributed by atoms with Gasteiger partial charge in [-0.2, -0.15) is 0 Å². The lowest BCUT2D eigenvalue weighted by Gasteiger charge is -2.08. The summed E-state index contributed by atoms with van der Waals surface area (Å²) in [4.78, 5) is 14.7. The van der Waals surface area contributed by atoms with Gasteiger partial charge in [0.05, 0.1) is 19.3 Å². The van der Waals surface area contributed by atoms with E-state index in [0.717, 1.165) is 17.9 Å². The highest BCUT2D eigenvalue weighted by Gasteiger charge is 2.15. The highest BCUT2D eigenvalue weighted by molar-refractivity contribution is 5.91. The molecule has 1 heterocycles. The van der Waals surface area contributed by atoms with E-state index in [1.54, 1.807) is 43.5 Å². The molecule has 0 aliphatic carbocycles. The summed E-state index contributed by atoms with van der Waals surface area (Å²) < 4.78 is 16.2. The summed E-state index contributed by atoms with van der Waals surface area (Å²) in [6.07, 6.45) is 4.79. The number of rotatable bonds is 11. The van der Waals surface area contributed by atoms with Gasteiger partial charge in [0.25, 0.3) is 0 Å². The Morgan fingerprint density at radius 2 is 1.48 bits per heavy atom. The van der Waals surface area contributed by atoms with E-state index < -0.39 is 5.97 Å². The molecule has 0 N–H and O–H groups in total. The lowest BCUT2D eigenvalue weighted by molar-refractivity contribution is 0.0734. The van der Waals surface area contributed by atoms with Gasteiger partial charge in [-0.3, -0.25) is 0 Å². The van der Waals surface area contributed by atoms with Crippen LogP contribution in [0.5, 0.6) is 17.2 Å². The summed E-state index contributed by atoms with van der Waals surface area (Å²) in [6, 6.07) is 14.0. The van der Waals surface area contributed by atoms with Crippen LogP contribution in [0.25, 0.3) is 0 Å². The van der Waals surface area contributed by atoms with Gasteiger partial charge in [-0.15, -0.1) is 0 Å². The van der Waals surface area contributed by atoms with Crippen LogP contribution < -0.4 is 14.2 Å². The van der Waals surface area contributed by atoms with Crippen molar-refractivity contribution in [1.82, 2.24) is 4.90 Å². The topological polar surface area (TPSA) is 47.8 Å². The maximum atomic E-state index is 12.2. The third-order valence-electron chi connectivity index (χ3n) is 4.54. The Balaban J connectivity index is 1.36. The molecule has 0 atom stereocenters. The Kier molecular flexibility index (Phi) is 7.11. The summed E-state index contributed by atoms with van der Waals surface area (Å²) in [5.41, 5.74) is 0.494. The second-order valence-corrected chi connectivity index (χ2v) is 6.69. The van der Waals surface area contributed by atoms with Crippen molar-refractivity contribution in [2.24, 2.45) is 0 Å². The standard InChI is InChI=1S/C22H27NO4/c1-25-19-10-12-21(13-11-19)27-22(24)18-6-8-20(9-7-18)26-17-5-3-2-4-14-23-15-16-23/h6-13H,2-5,14-17H2,1H3. The van der Waals surface area contributed by atoms with Crippen LogP contribution in [0, 0.1) is 0 Å². The third kappa shape index (κ3) is 6.61. The van der Waals surface area contributed by atoms with E-state index in [-0.39, 0.29) is 0 Å². The minimum atomic E-state index is -0.391. The third-order valence-corrected chi connectivity index (χ3v) is 4.54. The Labute approximate surface area is 160 Å². The minimum absolute atomic E-state index is 0.391. The normalized spacial score (nSPS) is 13.2. The van der Waals surface area contributed by atoms with Crippen molar-refractivity contribution in [3.05, 3.63) is 54.1 Å². The second-order valence-electron chi connectivity index (χ2n) is 6.69. The predicted octanol–water partition coefficient (Wildman–Crippen LogP) is 4.17. The molecule has 2 aromatic rings. The fourth-order valence-electron chi connectivity index (χ4n) is 2.77. The minimum Gasteiger partial charge on any atom is -0.497 e. The van der Waals surface area contributed by atoms with Gasteiger partial charge in [-0.05, 0) is 67.9 Å². The number of ether oxygens (including phenoxy) is 3. The van der Waals surface area contributed by atoms with Gasteiger partial charge in [0.15, 0.2) is 0 Å². The van der Waals surface area contributed by atoms with Crippen molar-refractivity contribution in [2.45, 2.75) is 25.7 Å². The number of hydrogen-bond acceptors (Lipinski definition) is 5. The molecule has 144 valence electrons. The maximum absolute atomic E-state index is 12.2. The number of nitrogens with zero attached hydrogens (tertiary/aromatic N) is 1. The molecule has 5 nitrogen and oxygen atoms in total. The molecular weight excluding hydrogens is 342 g/mol. The fraction of sp³-hybridized carbons (Fsp3) is 0.409. The molecular formula is C22H27NO4. The monoisotopic (exact) mass is 369 g/mol. The Morgan fingerprint density at radius 3 is 2.15 bits per heavy atom. The molecule has 0 aromatic heterocycles. The SMILES string of the molecule is COc1ccc(OC(=O)c2ccc(OCCCCCCN3CC3)cc2)cc1. The number of esters is 1. The zero-order valence-electron chi connectivity index (χ0n) is 15.9. The predicted molar refractivity (Wildman–Crippen MR) is 105 cm³/mol. The Hall–Kier alpha value is -2.53. The molecule has 1 aliphatic heterocycles. The smallest absolute Gasteiger partial charge is 0.343 e. The molecule has 0 bridgehead atoms. The van der Waals surface area contributed by atoms with Gasteiger partial charge in [-0.1, -0.05) is 12.8 Å². The quantitative estimate of drug-likeness (QED) is 0.257. The molecule has 1 fully saturated rings. The number of hydrogen-bond donors (Lipinski definition) is 0. The zero-order chi connectivity index (χ0) is 18.9. The molecule has 0 amide bonds. The first-order chi connectivity index (χ1) is 13.2. The van der Waals surface area contributed by atoms with Crippen molar-refractivity contribution in [1.29, 1.82) is 0 Å². The van der Waals surface area contributed by atoms with Crippen molar-refractivity contribution < 1.29 is 19.0 Å². The van der Waals surface area contributed by atoms with Crippen LogP contribution in [0.15, 0.2) is 48.5 Å². The van der Waals surface area contributed by atoms with E-state index in [9.17, 15) is 4.79 Å². The lowest BCUT2D eigenvalue weighted by atomic mass is 10.2. The van der Waals surface area contributed by atoms with Crippen LogP contribution >= 0.6 is 0 Å². The van der Waals surface area contributed by atoms with Crippen LogP contribution in [0.3, 0.4) is 0 Å². The molecule has 0 radical (unpaired) electrons. The van der Waals surface area contributed by atoms with Crippen LogP contribution in [-0.2, 0) is 0 Å². The summed E-state index contributed by atoms with van der Waals surface area (Å²) in [5, 5.41) is 0. The lowest BCUT2D eigenvalue weighted by Crippen LogP contribution is -2.08. The van der Waals surface area contributed by atoms with Gasteiger partial charge in [0.2, 0.25) is 0 Å². The van der Waals surface area contributed by atoms with Crippen molar-refractivity contribution in [3.63, 3.8) is 0 Å². The second kappa shape index (κ2) is 9.97. The van der Waals surface area contributed by atoms with E-state index in [2.05, 4.69) is 4.90 Å². The summed E-state index contributed by atoms with van der Waals surface area (Å²) in [7, 11) is 1.60. The van der Waals surface area contributed by atoms with Gasteiger partial charge in [-0.25, -0.2) is 4.79 Å². The first kappa shape index (κ1) is 19.2. The average molecular weight is 369 g/mol. The van der Waals surface area contributed by atoms with Gasteiger partial charge < -0.3 is 19.1 Å². The van der Waals surface area contributed by atoms with Crippen molar-refractivity contribution >= 4 is 5.97 Å². The largest absolute Gasteiger partial charge is 0.497 e. The molecule has 0 spiro atoms. The maximum Gasteiger partial charge on any atom is 0.343 e. The molecule has 1 aliphatic rings. The molecule has 3 rings (SSSR count). The highest BCUT2D eigenvalue weighted by Crippen LogP contribution is 2.19. The number of carbonyl (C=O) groups excluding carboxylic acids is 1.